The van der Waals surface area contributed by atoms with Crippen LogP contribution in [0.5, 0.6) is 0 Å². The lowest BCUT2D eigenvalue weighted by molar-refractivity contribution is 0.0939. The van der Waals surface area contributed by atoms with E-state index in [1.807, 2.05) is 19.1 Å². The van der Waals surface area contributed by atoms with Gasteiger partial charge < -0.3 is 5.32 Å². The number of sulfonamides is 1. The minimum atomic E-state index is -3.53. The van der Waals surface area contributed by atoms with Crippen molar-refractivity contribution >= 4 is 27.5 Å². The Labute approximate surface area is 160 Å². The monoisotopic (exact) mass is 394 g/mol. The number of benzene rings is 2. The van der Waals surface area contributed by atoms with E-state index >= 15 is 0 Å². The van der Waals surface area contributed by atoms with Crippen LogP contribution in [-0.2, 0) is 10.0 Å². The highest BCUT2D eigenvalue weighted by Crippen LogP contribution is 2.19. The van der Waals surface area contributed by atoms with E-state index in [1.54, 1.807) is 26.0 Å². The van der Waals surface area contributed by atoms with Crippen molar-refractivity contribution in [2.24, 2.45) is 0 Å². The van der Waals surface area contributed by atoms with Crippen LogP contribution < -0.4 is 5.32 Å². The van der Waals surface area contributed by atoms with Crippen molar-refractivity contribution in [1.29, 1.82) is 0 Å². The van der Waals surface area contributed by atoms with Crippen LogP contribution in [0.1, 0.15) is 42.7 Å². The maximum Gasteiger partial charge on any atom is 0.251 e. The van der Waals surface area contributed by atoms with Gasteiger partial charge in [-0.2, -0.15) is 4.31 Å². The molecular formula is C19H23ClN2O3S. The second-order valence-electron chi connectivity index (χ2n) is 5.86. The van der Waals surface area contributed by atoms with Crippen molar-refractivity contribution in [3.8, 4) is 0 Å². The highest BCUT2D eigenvalue weighted by molar-refractivity contribution is 7.89. The van der Waals surface area contributed by atoms with E-state index in [-0.39, 0.29) is 16.8 Å². The van der Waals surface area contributed by atoms with Crippen molar-refractivity contribution < 1.29 is 13.2 Å². The normalized spacial score (nSPS) is 12.8. The zero-order valence-corrected chi connectivity index (χ0v) is 16.6. The number of halogens is 1. The molecule has 2 rings (SSSR count). The third-order valence-electron chi connectivity index (χ3n) is 4.16. The van der Waals surface area contributed by atoms with Crippen LogP contribution in [0.3, 0.4) is 0 Å². The number of carbonyl (C=O) groups is 1. The van der Waals surface area contributed by atoms with E-state index in [1.165, 1.54) is 28.6 Å². The molecule has 1 atom stereocenters. The van der Waals surface area contributed by atoms with Crippen LogP contribution in [0.2, 0.25) is 5.02 Å². The van der Waals surface area contributed by atoms with Crippen LogP contribution in [0, 0.1) is 0 Å². The third kappa shape index (κ3) is 4.63. The summed E-state index contributed by atoms with van der Waals surface area (Å²) in [6, 6.07) is 13.0. The Morgan fingerprint density at radius 1 is 1.12 bits per heavy atom. The lowest BCUT2D eigenvalue weighted by Gasteiger charge is -2.18. The first-order valence-electron chi connectivity index (χ1n) is 8.46. The minimum absolute atomic E-state index is 0.181. The molecule has 1 N–H and O–H groups in total. The second kappa shape index (κ2) is 8.66. The topological polar surface area (TPSA) is 66.5 Å². The SMILES string of the molecule is CCN(CC)S(=O)(=O)c1ccc(C(=O)NC(C)c2cccc(Cl)c2)cc1. The largest absolute Gasteiger partial charge is 0.346 e. The number of hydrogen-bond donors (Lipinski definition) is 1. The molecule has 140 valence electrons. The molecule has 0 aliphatic carbocycles. The summed E-state index contributed by atoms with van der Waals surface area (Å²) < 4.78 is 26.3. The maximum absolute atomic E-state index is 12.5. The Morgan fingerprint density at radius 3 is 2.27 bits per heavy atom. The Hall–Kier alpha value is -1.89. The number of carbonyl (C=O) groups excluding carboxylic acids is 1. The molecule has 1 amide bonds. The number of amides is 1. The molecule has 26 heavy (non-hydrogen) atoms. The zero-order chi connectivity index (χ0) is 19.3. The van der Waals surface area contributed by atoms with E-state index < -0.39 is 10.0 Å². The second-order valence-corrected chi connectivity index (χ2v) is 8.24. The van der Waals surface area contributed by atoms with E-state index in [0.29, 0.717) is 23.7 Å². The Kier molecular flexibility index (Phi) is 6.81. The zero-order valence-electron chi connectivity index (χ0n) is 15.1. The molecule has 7 heteroatoms. The highest BCUT2D eigenvalue weighted by atomic mass is 35.5. The summed E-state index contributed by atoms with van der Waals surface area (Å²) >= 11 is 5.98. The fourth-order valence-electron chi connectivity index (χ4n) is 2.63. The minimum Gasteiger partial charge on any atom is -0.346 e. The summed E-state index contributed by atoms with van der Waals surface area (Å²) in [6.45, 7) is 6.25. The summed E-state index contributed by atoms with van der Waals surface area (Å²) in [4.78, 5) is 12.6. The van der Waals surface area contributed by atoms with Crippen molar-refractivity contribution in [3.63, 3.8) is 0 Å². The Morgan fingerprint density at radius 2 is 1.73 bits per heavy atom. The molecule has 5 nitrogen and oxygen atoms in total. The van der Waals surface area contributed by atoms with Gasteiger partial charge in [0.25, 0.3) is 5.91 Å². The van der Waals surface area contributed by atoms with Gasteiger partial charge >= 0.3 is 0 Å². The average Bonchev–Trinajstić information content (AvgIpc) is 2.62. The van der Waals surface area contributed by atoms with Crippen molar-refractivity contribution in [3.05, 3.63) is 64.7 Å². The Bertz CT molecular complexity index is 863. The molecule has 0 aliphatic heterocycles. The lowest BCUT2D eigenvalue weighted by Crippen LogP contribution is -2.30. The molecule has 0 saturated heterocycles. The van der Waals surface area contributed by atoms with Crippen molar-refractivity contribution in [2.75, 3.05) is 13.1 Å². The summed E-state index contributed by atoms with van der Waals surface area (Å²) in [6.07, 6.45) is 0. The van der Waals surface area contributed by atoms with E-state index in [2.05, 4.69) is 5.32 Å². The van der Waals surface area contributed by atoms with Crippen LogP contribution in [-0.4, -0.2) is 31.7 Å². The van der Waals surface area contributed by atoms with E-state index in [4.69, 9.17) is 11.6 Å². The average molecular weight is 395 g/mol. The predicted octanol–water partition coefficient (Wildman–Crippen LogP) is 3.86. The van der Waals surface area contributed by atoms with Gasteiger partial charge in [-0.25, -0.2) is 8.42 Å². The van der Waals surface area contributed by atoms with Crippen LogP contribution in [0.25, 0.3) is 0 Å². The van der Waals surface area contributed by atoms with Gasteiger partial charge in [-0.15, -0.1) is 0 Å². The first-order chi connectivity index (χ1) is 12.3. The highest BCUT2D eigenvalue weighted by Gasteiger charge is 2.22. The number of rotatable bonds is 7. The standard InChI is InChI=1S/C19H23ClN2O3S/c1-4-22(5-2)26(24,25)18-11-9-15(10-12-18)19(23)21-14(3)16-7-6-8-17(20)13-16/h6-14H,4-5H2,1-3H3,(H,21,23). The van der Waals surface area contributed by atoms with Gasteiger partial charge in [-0.3, -0.25) is 4.79 Å². The van der Waals surface area contributed by atoms with Crippen LogP contribution in [0.15, 0.2) is 53.4 Å². The molecule has 2 aromatic carbocycles. The van der Waals surface area contributed by atoms with Crippen LogP contribution in [0.4, 0.5) is 0 Å². The predicted molar refractivity (Wildman–Crippen MR) is 104 cm³/mol. The van der Waals surface area contributed by atoms with Gasteiger partial charge in [0.05, 0.1) is 10.9 Å². The molecule has 0 aliphatic rings. The van der Waals surface area contributed by atoms with Crippen LogP contribution >= 0.6 is 11.6 Å². The molecule has 0 spiro atoms. The maximum atomic E-state index is 12.5. The smallest absolute Gasteiger partial charge is 0.251 e. The van der Waals surface area contributed by atoms with Gasteiger partial charge in [0, 0.05) is 23.7 Å². The van der Waals surface area contributed by atoms with Crippen molar-refractivity contribution in [2.45, 2.75) is 31.7 Å². The molecule has 2 aromatic rings. The van der Waals surface area contributed by atoms with Gasteiger partial charge in [0.1, 0.15) is 0 Å². The summed E-state index contributed by atoms with van der Waals surface area (Å²) in [5.74, 6) is -0.274. The molecule has 0 aromatic heterocycles. The lowest BCUT2D eigenvalue weighted by atomic mass is 10.1. The third-order valence-corrected chi connectivity index (χ3v) is 6.46. The first kappa shape index (κ1) is 20.4. The first-order valence-corrected chi connectivity index (χ1v) is 10.3. The molecule has 1 unspecified atom stereocenters. The number of nitrogens with zero attached hydrogens (tertiary/aromatic N) is 1. The molecule has 0 heterocycles. The van der Waals surface area contributed by atoms with Crippen molar-refractivity contribution in [1.82, 2.24) is 9.62 Å². The summed E-state index contributed by atoms with van der Waals surface area (Å²) in [5.41, 5.74) is 1.30. The molecule has 0 bridgehead atoms. The van der Waals surface area contributed by atoms with E-state index in [9.17, 15) is 13.2 Å². The molecule has 0 saturated carbocycles. The fourth-order valence-corrected chi connectivity index (χ4v) is 4.29. The van der Waals surface area contributed by atoms with Gasteiger partial charge in [-0.05, 0) is 48.9 Å². The van der Waals surface area contributed by atoms with Gasteiger partial charge in [-0.1, -0.05) is 37.6 Å². The van der Waals surface area contributed by atoms with E-state index in [0.717, 1.165) is 5.56 Å². The molecule has 0 radical (unpaired) electrons. The summed E-state index contributed by atoms with van der Waals surface area (Å²) in [7, 11) is -3.53. The fraction of sp³-hybridized carbons (Fsp3) is 0.316. The summed E-state index contributed by atoms with van der Waals surface area (Å²) in [5, 5.41) is 3.49. The number of hydrogen-bond acceptors (Lipinski definition) is 3. The van der Waals surface area contributed by atoms with Gasteiger partial charge in [0.15, 0.2) is 0 Å². The Balaban J connectivity index is 2.14. The number of nitrogens with one attached hydrogen (secondary N) is 1. The van der Waals surface area contributed by atoms with Gasteiger partial charge in [0.2, 0.25) is 10.0 Å². The molecular weight excluding hydrogens is 372 g/mol. The molecule has 0 fully saturated rings. The quantitative estimate of drug-likeness (QED) is 0.775.